The molecule has 2 N–H and O–H groups in total. The number of carboxylic acid groups (broad SMARTS) is 1. The average Bonchev–Trinajstić information content (AvgIpc) is 3.23. The molecular weight excluding hydrogens is 354 g/mol. The zero-order valence-electron chi connectivity index (χ0n) is 14.3. The molecule has 0 unspecified atom stereocenters. The lowest BCUT2D eigenvalue weighted by atomic mass is 10.1. The summed E-state index contributed by atoms with van der Waals surface area (Å²) in [6.45, 7) is 2.55. The van der Waals surface area contributed by atoms with E-state index >= 15 is 0 Å². The van der Waals surface area contributed by atoms with Crippen LogP contribution in [0.15, 0.2) is 29.6 Å². The van der Waals surface area contributed by atoms with Gasteiger partial charge in [0.25, 0.3) is 0 Å². The highest BCUT2D eigenvalue weighted by atomic mass is 32.1. The van der Waals surface area contributed by atoms with Crippen LogP contribution in [0.3, 0.4) is 0 Å². The first kappa shape index (κ1) is 18.1. The van der Waals surface area contributed by atoms with Crippen LogP contribution in [-0.4, -0.2) is 38.8 Å². The third-order valence-corrected chi connectivity index (χ3v) is 5.14. The van der Waals surface area contributed by atoms with Crippen LogP contribution in [-0.2, 0) is 22.7 Å². The van der Waals surface area contributed by atoms with Crippen molar-refractivity contribution >= 4 is 29.1 Å². The van der Waals surface area contributed by atoms with E-state index in [0.717, 1.165) is 11.1 Å². The van der Waals surface area contributed by atoms with E-state index in [2.05, 4.69) is 10.3 Å². The minimum Gasteiger partial charge on any atom is -0.476 e. The first-order valence-electron chi connectivity index (χ1n) is 8.24. The highest BCUT2D eigenvalue weighted by molar-refractivity contribution is 7.09. The number of thiazole rings is 1. The van der Waals surface area contributed by atoms with Crippen LogP contribution in [0.25, 0.3) is 0 Å². The molecule has 26 heavy (non-hydrogen) atoms. The van der Waals surface area contributed by atoms with Crippen LogP contribution in [0.4, 0.5) is 0 Å². The highest BCUT2D eigenvalue weighted by Gasteiger charge is 2.35. The van der Waals surface area contributed by atoms with Gasteiger partial charge < -0.3 is 15.3 Å². The minimum atomic E-state index is -1.09. The molecule has 7 nitrogen and oxygen atoms in total. The third kappa shape index (κ3) is 4.08. The first-order chi connectivity index (χ1) is 12.4. The van der Waals surface area contributed by atoms with Crippen LogP contribution in [0.5, 0.6) is 0 Å². The number of aryl methyl sites for hydroxylation is 1. The van der Waals surface area contributed by atoms with E-state index < -0.39 is 12.0 Å². The van der Waals surface area contributed by atoms with E-state index in [1.165, 1.54) is 16.7 Å². The van der Waals surface area contributed by atoms with Crippen LogP contribution >= 0.6 is 11.3 Å². The molecule has 0 radical (unpaired) electrons. The molecule has 0 aliphatic carbocycles. The van der Waals surface area contributed by atoms with Crippen molar-refractivity contribution < 1.29 is 19.5 Å². The van der Waals surface area contributed by atoms with E-state index in [1.807, 2.05) is 31.2 Å². The van der Waals surface area contributed by atoms with E-state index in [4.69, 9.17) is 5.11 Å². The Bertz CT molecular complexity index is 831. The monoisotopic (exact) mass is 373 g/mol. The number of aromatic carboxylic acids is 1. The molecule has 0 spiro atoms. The lowest BCUT2D eigenvalue weighted by Crippen LogP contribution is -2.44. The van der Waals surface area contributed by atoms with Gasteiger partial charge in [-0.1, -0.05) is 29.8 Å². The number of carboxylic acids is 1. The van der Waals surface area contributed by atoms with Crippen molar-refractivity contribution in [2.75, 3.05) is 0 Å². The van der Waals surface area contributed by atoms with Gasteiger partial charge in [0.2, 0.25) is 11.8 Å². The molecule has 2 heterocycles. The summed E-state index contributed by atoms with van der Waals surface area (Å²) in [5.41, 5.74) is 2.09. The molecule has 1 aromatic carbocycles. The van der Waals surface area contributed by atoms with Crippen molar-refractivity contribution in [1.82, 2.24) is 15.2 Å². The number of hydrogen-bond donors (Lipinski definition) is 2. The maximum Gasteiger partial charge on any atom is 0.355 e. The Morgan fingerprint density at radius 3 is 2.73 bits per heavy atom. The van der Waals surface area contributed by atoms with E-state index in [9.17, 15) is 14.4 Å². The van der Waals surface area contributed by atoms with Gasteiger partial charge >= 0.3 is 5.97 Å². The Morgan fingerprint density at radius 2 is 2.08 bits per heavy atom. The quantitative estimate of drug-likeness (QED) is 0.806. The Labute approximate surface area is 154 Å². The largest absolute Gasteiger partial charge is 0.476 e. The van der Waals surface area contributed by atoms with E-state index in [1.54, 1.807) is 4.90 Å². The Hall–Kier alpha value is -2.74. The van der Waals surface area contributed by atoms with Crippen molar-refractivity contribution in [2.24, 2.45) is 0 Å². The number of hydrogen-bond acceptors (Lipinski definition) is 5. The maximum atomic E-state index is 12.5. The zero-order chi connectivity index (χ0) is 18.7. The summed E-state index contributed by atoms with van der Waals surface area (Å²) in [5.74, 6) is -1.37. The van der Waals surface area contributed by atoms with Gasteiger partial charge in [0.15, 0.2) is 5.69 Å². The second-order valence-corrected chi connectivity index (χ2v) is 7.15. The standard InChI is InChI=1S/C18H19N3O4S/c1-11-2-4-12(5-3-11)9-21-14(6-7-16(21)22)17(23)19-8-15-20-13(10-26-15)18(24)25/h2-5,10,14H,6-9H2,1H3,(H,19,23)(H,24,25)/t14-/m1/s1. The molecule has 0 bridgehead atoms. The average molecular weight is 373 g/mol. The van der Waals surface area contributed by atoms with E-state index in [-0.39, 0.29) is 24.1 Å². The zero-order valence-corrected chi connectivity index (χ0v) is 15.1. The minimum absolute atomic E-state index is 0.0312. The summed E-state index contributed by atoms with van der Waals surface area (Å²) < 4.78 is 0. The van der Waals surface area contributed by atoms with Crippen LogP contribution in [0, 0.1) is 6.92 Å². The molecule has 0 saturated carbocycles. The van der Waals surface area contributed by atoms with Crippen LogP contribution < -0.4 is 5.32 Å². The van der Waals surface area contributed by atoms with Crippen LogP contribution in [0.1, 0.15) is 39.5 Å². The van der Waals surface area contributed by atoms with Gasteiger partial charge in [-0.3, -0.25) is 9.59 Å². The fourth-order valence-corrected chi connectivity index (χ4v) is 3.57. The number of benzene rings is 1. The molecule has 1 aliphatic heterocycles. The summed E-state index contributed by atoms with van der Waals surface area (Å²) in [4.78, 5) is 41.1. The second-order valence-electron chi connectivity index (χ2n) is 6.21. The van der Waals surface area contributed by atoms with Crippen molar-refractivity contribution in [3.63, 3.8) is 0 Å². The molecule has 136 valence electrons. The summed E-state index contributed by atoms with van der Waals surface area (Å²) in [7, 11) is 0. The number of aromatic nitrogens is 1. The predicted molar refractivity (Wildman–Crippen MR) is 95.7 cm³/mol. The number of carbonyl (C=O) groups excluding carboxylic acids is 2. The molecule has 3 rings (SSSR count). The van der Waals surface area contributed by atoms with Gasteiger partial charge in [0, 0.05) is 18.3 Å². The number of nitrogens with zero attached hydrogens (tertiary/aromatic N) is 2. The summed E-state index contributed by atoms with van der Waals surface area (Å²) in [5, 5.41) is 13.6. The summed E-state index contributed by atoms with van der Waals surface area (Å²) in [6, 6.07) is 7.36. The third-order valence-electron chi connectivity index (χ3n) is 4.29. The Balaban J connectivity index is 1.62. The van der Waals surface area contributed by atoms with Crippen molar-refractivity contribution in [1.29, 1.82) is 0 Å². The highest BCUT2D eigenvalue weighted by Crippen LogP contribution is 2.22. The number of likely N-dealkylation sites (tertiary alicyclic amines) is 1. The Morgan fingerprint density at radius 1 is 1.35 bits per heavy atom. The first-order valence-corrected chi connectivity index (χ1v) is 9.12. The molecular formula is C18H19N3O4S. The molecule has 2 amide bonds. The molecule has 1 atom stereocenters. The number of amides is 2. The normalized spacial score (nSPS) is 16.7. The van der Waals surface area contributed by atoms with Gasteiger partial charge in [-0.25, -0.2) is 9.78 Å². The summed E-state index contributed by atoms with van der Waals surface area (Å²) in [6.07, 6.45) is 0.832. The van der Waals surface area contributed by atoms with Gasteiger partial charge in [-0.2, -0.15) is 0 Å². The maximum absolute atomic E-state index is 12.5. The molecule has 8 heteroatoms. The number of rotatable bonds is 6. The molecule has 1 fully saturated rings. The second kappa shape index (κ2) is 7.65. The number of carbonyl (C=O) groups is 3. The lowest BCUT2D eigenvalue weighted by Gasteiger charge is -2.24. The number of nitrogens with one attached hydrogen (secondary N) is 1. The summed E-state index contributed by atoms with van der Waals surface area (Å²) >= 11 is 1.18. The topological polar surface area (TPSA) is 99.6 Å². The molecule has 1 aliphatic rings. The Kier molecular flexibility index (Phi) is 5.32. The smallest absolute Gasteiger partial charge is 0.355 e. The lowest BCUT2D eigenvalue weighted by molar-refractivity contribution is -0.135. The fraction of sp³-hybridized carbons (Fsp3) is 0.333. The van der Waals surface area contributed by atoms with Gasteiger partial charge in [0.05, 0.1) is 6.54 Å². The molecule has 1 saturated heterocycles. The molecule has 2 aromatic rings. The fourth-order valence-electron chi connectivity index (χ4n) is 2.87. The molecule has 1 aromatic heterocycles. The van der Waals surface area contributed by atoms with Gasteiger partial charge in [-0.05, 0) is 18.9 Å². The predicted octanol–water partition coefficient (Wildman–Crippen LogP) is 1.96. The van der Waals surface area contributed by atoms with E-state index in [0.29, 0.717) is 24.4 Å². The van der Waals surface area contributed by atoms with Gasteiger partial charge in [-0.15, -0.1) is 11.3 Å². The SMILES string of the molecule is Cc1ccc(CN2C(=O)CC[C@@H]2C(=O)NCc2nc(C(=O)O)cs2)cc1. The van der Waals surface area contributed by atoms with Crippen molar-refractivity contribution in [3.05, 3.63) is 51.5 Å². The van der Waals surface area contributed by atoms with Crippen molar-refractivity contribution in [2.45, 2.75) is 38.9 Å². The van der Waals surface area contributed by atoms with Gasteiger partial charge in [0.1, 0.15) is 11.0 Å². The van der Waals surface area contributed by atoms with Crippen molar-refractivity contribution in [3.8, 4) is 0 Å². The van der Waals surface area contributed by atoms with Crippen LogP contribution in [0.2, 0.25) is 0 Å².